The van der Waals surface area contributed by atoms with Crippen LogP contribution in [0.3, 0.4) is 0 Å². The summed E-state index contributed by atoms with van der Waals surface area (Å²) in [6.45, 7) is 4.85. The number of anilines is 1. The van der Waals surface area contributed by atoms with Crippen molar-refractivity contribution < 1.29 is 4.39 Å². The average Bonchev–Trinajstić information content (AvgIpc) is 2.71. The summed E-state index contributed by atoms with van der Waals surface area (Å²) < 4.78 is 13.2. The second kappa shape index (κ2) is 11.9. The van der Waals surface area contributed by atoms with Crippen LogP contribution in [-0.4, -0.2) is 43.7 Å². The Balaban J connectivity index is 0.00000300. The van der Waals surface area contributed by atoms with Gasteiger partial charge in [0.1, 0.15) is 11.6 Å². The molecular formula is C22H31FIN5. The number of benzene rings is 1. The van der Waals surface area contributed by atoms with Crippen LogP contribution in [0.25, 0.3) is 0 Å². The number of halogens is 2. The Morgan fingerprint density at radius 3 is 2.69 bits per heavy atom. The molecule has 158 valence electrons. The lowest BCUT2D eigenvalue weighted by atomic mass is 10.1. The Morgan fingerprint density at radius 1 is 1.24 bits per heavy atom. The number of hydrogen-bond acceptors (Lipinski definition) is 3. The highest BCUT2D eigenvalue weighted by Gasteiger charge is 2.20. The first-order chi connectivity index (χ1) is 13.6. The predicted octanol–water partition coefficient (Wildman–Crippen LogP) is 3.91. The van der Waals surface area contributed by atoms with Crippen LogP contribution < -0.4 is 15.5 Å². The molecule has 0 radical (unpaired) electrons. The van der Waals surface area contributed by atoms with Gasteiger partial charge < -0.3 is 15.5 Å². The first-order valence-electron chi connectivity index (χ1n) is 10.0. The molecule has 0 atom stereocenters. The van der Waals surface area contributed by atoms with Crippen molar-refractivity contribution in [3.63, 3.8) is 0 Å². The highest BCUT2D eigenvalue weighted by molar-refractivity contribution is 14.0. The summed E-state index contributed by atoms with van der Waals surface area (Å²) in [5, 5.41) is 6.90. The number of aromatic nitrogens is 1. The Kier molecular flexibility index (Phi) is 9.63. The Bertz CT molecular complexity index is 773. The van der Waals surface area contributed by atoms with Gasteiger partial charge in [-0.2, -0.15) is 0 Å². The maximum absolute atomic E-state index is 13.2. The fraction of sp³-hybridized carbons (Fsp3) is 0.455. The number of nitrogens with one attached hydrogen (secondary N) is 2. The first-order valence-corrected chi connectivity index (χ1v) is 10.0. The lowest BCUT2D eigenvalue weighted by Gasteiger charge is -2.33. The van der Waals surface area contributed by atoms with Gasteiger partial charge in [-0.05, 0) is 61.9 Å². The standard InChI is InChI=1S/C22H30FN5.HI/c1-17-8-9-21(26-16-17)28-13-10-20(11-14-28)27-22(24-2)25-12-4-6-18-5-3-7-19(23)15-18;/h3,5,7-9,15-16,20H,4,6,10-14H2,1-2H3,(H2,24,25,27);1H. The summed E-state index contributed by atoms with van der Waals surface area (Å²) in [6.07, 6.45) is 5.82. The summed E-state index contributed by atoms with van der Waals surface area (Å²) in [7, 11) is 1.80. The Morgan fingerprint density at radius 2 is 2.03 bits per heavy atom. The van der Waals surface area contributed by atoms with Crippen molar-refractivity contribution >= 4 is 35.8 Å². The molecule has 1 aliphatic heterocycles. The maximum atomic E-state index is 13.2. The van der Waals surface area contributed by atoms with E-state index in [0.29, 0.717) is 6.04 Å². The number of piperidine rings is 1. The van der Waals surface area contributed by atoms with Crippen molar-refractivity contribution in [3.8, 4) is 0 Å². The molecule has 1 fully saturated rings. The predicted molar refractivity (Wildman–Crippen MR) is 129 cm³/mol. The molecular weight excluding hydrogens is 480 g/mol. The minimum absolute atomic E-state index is 0. The van der Waals surface area contributed by atoms with Crippen LogP contribution in [0.5, 0.6) is 0 Å². The lowest BCUT2D eigenvalue weighted by Crippen LogP contribution is -2.49. The van der Waals surface area contributed by atoms with Gasteiger partial charge in [-0.3, -0.25) is 4.99 Å². The van der Waals surface area contributed by atoms with E-state index in [1.54, 1.807) is 19.2 Å². The van der Waals surface area contributed by atoms with Crippen LogP contribution >= 0.6 is 24.0 Å². The summed E-state index contributed by atoms with van der Waals surface area (Å²) >= 11 is 0. The van der Waals surface area contributed by atoms with Crippen molar-refractivity contribution in [2.24, 2.45) is 4.99 Å². The zero-order chi connectivity index (χ0) is 19.8. The average molecular weight is 511 g/mol. The second-order valence-corrected chi connectivity index (χ2v) is 7.33. The van der Waals surface area contributed by atoms with Crippen molar-refractivity contribution in [2.75, 3.05) is 31.6 Å². The summed E-state index contributed by atoms with van der Waals surface area (Å²) in [4.78, 5) is 11.2. The zero-order valence-corrected chi connectivity index (χ0v) is 19.5. The third kappa shape index (κ3) is 7.45. The number of aliphatic imine (C=N–C) groups is 1. The van der Waals surface area contributed by atoms with E-state index in [2.05, 4.69) is 44.6 Å². The zero-order valence-electron chi connectivity index (χ0n) is 17.2. The molecule has 2 N–H and O–H groups in total. The summed E-state index contributed by atoms with van der Waals surface area (Å²) in [5.41, 5.74) is 2.22. The molecule has 7 heteroatoms. The fourth-order valence-corrected chi connectivity index (χ4v) is 3.48. The summed E-state index contributed by atoms with van der Waals surface area (Å²) in [6, 6.07) is 11.4. The fourth-order valence-electron chi connectivity index (χ4n) is 3.48. The molecule has 1 aromatic carbocycles. The molecule has 2 aromatic rings. The van der Waals surface area contributed by atoms with Gasteiger partial charge in [-0.25, -0.2) is 9.37 Å². The van der Waals surface area contributed by atoms with E-state index >= 15 is 0 Å². The molecule has 29 heavy (non-hydrogen) atoms. The Labute approximate surface area is 190 Å². The molecule has 0 bridgehead atoms. The van der Waals surface area contributed by atoms with Crippen LogP contribution in [0.1, 0.15) is 30.4 Å². The van der Waals surface area contributed by atoms with Crippen LogP contribution in [0.4, 0.5) is 10.2 Å². The largest absolute Gasteiger partial charge is 0.356 e. The van der Waals surface area contributed by atoms with Crippen molar-refractivity contribution in [1.29, 1.82) is 0 Å². The van der Waals surface area contributed by atoms with E-state index < -0.39 is 0 Å². The van der Waals surface area contributed by atoms with Crippen LogP contribution in [0, 0.1) is 12.7 Å². The summed E-state index contributed by atoms with van der Waals surface area (Å²) in [5.74, 6) is 1.73. The highest BCUT2D eigenvalue weighted by Crippen LogP contribution is 2.18. The molecule has 5 nitrogen and oxygen atoms in total. The van der Waals surface area contributed by atoms with E-state index in [9.17, 15) is 4.39 Å². The third-order valence-corrected chi connectivity index (χ3v) is 5.10. The molecule has 3 rings (SSSR count). The number of nitrogens with zero attached hydrogens (tertiary/aromatic N) is 3. The Hall–Kier alpha value is -1.90. The van der Waals surface area contributed by atoms with Gasteiger partial charge in [-0.15, -0.1) is 24.0 Å². The first kappa shape index (κ1) is 23.4. The number of pyridine rings is 1. The number of guanidine groups is 1. The van der Waals surface area contributed by atoms with Gasteiger partial charge >= 0.3 is 0 Å². The quantitative estimate of drug-likeness (QED) is 0.267. The molecule has 0 spiro atoms. The highest BCUT2D eigenvalue weighted by atomic mass is 127. The van der Waals surface area contributed by atoms with Gasteiger partial charge in [0.25, 0.3) is 0 Å². The molecule has 1 aliphatic rings. The molecule has 0 amide bonds. The van der Waals surface area contributed by atoms with E-state index in [1.807, 2.05) is 12.3 Å². The van der Waals surface area contributed by atoms with E-state index in [-0.39, 0.29) is 29.8 Å². The van der Waals surface area contributed by atoms with Crippen molar-refractivity contribution in [2.45, 2.75) is 38.6 Å². The molecule has 0 saturated carbocycles. The topological polar surface area (TPSA) is 52.6 Å². The van der Waals surface area contributed by atoms with Crippen LogP contribution in [-0.2, 0) is 6.42 Å². The van der Waals surface area contributed by atoms with Crippen LogP contribution in [0.2, 0.25) is 0 Å². The van der Waals surface area contributed by atoms with Gasteiger partial charge in [0.05, 0.1) is 0 Å². The molecule has 0 unspecified atom stereocenters. The van der Waals surface area contributed by atoms with Gasteiger partial charge in [0, 0.05) is 38.9 Å². The van der Waals surface area contributed by atoms with E-state index in [4.69, 9.17) is 0 Å². The van der Waals surface area contributed by atoms with E-state index in [1.165, 1.54) is 11.6 Å². The minimum Gasteiger partial charge on any atom is -0.356 e. The number of aryl methyl sites for hydroxylation is 2. The van der Waals surface area contributed by atoms with Crippen LogP contribution in [0.15, 0.2) is 47.6 Å². The van der Waals surface area contributed by atoms with Gasteiger partial charge in [0.15, 0.2) is 5.96 Å². The number of rotatable bonds is 6. The second-order valence-electron chi connectivity index (χ2n) is 7.33. The van der Waals surface area contributed by atoms with Crippen molar-refractivity contribution in [3.05, 3.63) is 59.5 Å². The van der Waals surface area contributed by atoms with Gasteiger partial charge in [0.2, 0.25) is 0 Å². The molecule has 1 aromatic heterocycles. The van der Waals surface area contributed by atoms with Gasteiger partial charge in [-0.1, -0.05) is 18.2 Å². The number of hydrogen-bond donors (Lipinski definition) is 2. The van der Waals surface area contributed by atoms with E-state index in [0.717, 1.165) is 62.7 Å². The molecule has 0 aliphatic carbocycles. The van der Waals surface area contributed by atoms with Crippen molar-refractivity contribution in [1.82, 2.24) is 15.6 Å². The lowest BCUT2D eigenvalue weighted by molar-refractivity contribution is 0.459. The normalized spacial score (nSPS) is 15.0. The molecule has 1 saturated heterocycles. The SMILES string of the molecule is CN=C(NCCCc1cccc(F)c1)NC1CCN(c2ccc(C)cn2)CC1.I. The third-order valence-electron chi connectivity index (χ3n) is 5.10. The smallest absolute Gasteiger partial charge is 0.191 e. The maximum Gasteiger partial charge on any atom is 0.191 e. The minimum atomic E-state index is -0.171. The molecule has 2 heterocycles. The monoisotopic (exact) mass is 511 g/mol.